The quantitative estimate of drug-likeness (QED) is 0.821. The molecule has 0 saturated heterocycles. The summed E-state index contributed by atoms with van der Waals surface area (Å²) in [5.41, 5.74) is 3.06. The highest BCUT2D eigenvalue weighted by atomic mass is 35.5. The molecule has 4 rings (SSSR count). The summed E-state index contributed by atoms with van der Waals surface area (Å²) in [7, 11) is 0. The van der Waals surface area contributed by atoms with E-state index >= 15 is 0 Å². The molecule has 5 nitrogen and oxygen atoms in total. The molecule has 0 bridgehead atoms. The summed E-state index contributed by atoms with van der Waals surface area (Å²) < 4.78 is 0. The maximum absolute atomic E-state index is 11.9. The minimum absolute atomic E-state index is 0.00131. The van der Waals surface area contributed by atoms with E-state index in [4.69, 9.17) is 16.7 Å². The van der Waals surface area contributed by atoms with Crippen molar-refractivity contribution in [1.29, 1.82) is 0 Å². The summed E-state index contributed by atoms with van der Waals surface area (Å²) in [6.07, 6.45) is 1.17. The van der Waals surface area contributed by atoms with Crippen molar-refractivity contribution < 1.29 is 9.90 Å². The summed E-state index contributed by atoms with van der Waals surface area (Å²) in [5, 5.41) is 16.3. The van der Waals surface area contributed by atoms with Gasteiger partial charge in [-0.15, -0.1) is 0 Å². The van der Waals surface area contributed by atoms with E-state index in [1.807, 2.05) is 59.6 Å². The fourth-order valence-electron chi connectivity index (χ4n) is 3.34. The van der Waals surface area contributed by atoms with Crippen LogP contribution in [-0.4, -0.2) is 38.8 Å². The van der Waals surface area contributed by atoms with Crippen LogP contribution in [0.15, 0.2) is 64.7 Å². The van der Waals surface area contributed by atoms with Crippen LogP contribution in [0.3, 0.4) is 0 Å². The lowest BCUT2D eigenvalue weighted by Gasteiger charge is -2.26. The van der Waals surface area contributed by atoms with E-state index in [1.54, 1.807) is 0 Å². The Morgan fingerprint density at radius 2 is 1.89 bits per heavy atom. The van der Waals surface area contributed by atoms with E-state index in [0.29, 0.717) is 23.7 Å². The topological polar surface area (TPSA) is 65.3 Å². The summed E-state index contributed by atoms with van der Waals surface area (Å²) in [5.74, 6) is 0.616. The number of aliphatic hydroxyl groups is 1. The fraction of sp³-hybridized carbons (Fsp3) is 0.250. The van der Waals surface area contributed by atoms with Crippen LogP contribution in [0.5, 0.6) is 0 Å². The second kappa shape index (κ2) is 7.84. The molecule has 0 radical (unpaired) electrons. The zero-order valence-corrected chi connectivity index (χ0v) is 16.0. The second-order valence-corrected chi connectivity index (χ2v) is 7.97. The van der Waals surface area contributed by atoms with Crippen molar-refractivity contribution in [2.24, 2.45) is 10.1 Å². The van der Waals surface area contributed by atoms with Crippen molar-refractivity contribution in [3.8, 4) is 0 Å². The highest BCUT2D eigenvalue weighted by Gasteiger charge is 2.39. The van der Waals surface area contributed by atoms with Crippen LogP contribution in [0.1, 0.15) is 30.0 Å². The predicted molar refractivity (Wildman–Crippen MR) is 110 cm³/mol. The number of hydrazone groups is 1. The van der Waals surface area contributed by atoms with Gasteiger partial charge in [-0.05, 0) is 29.7 Å². The van der Waals surface area contributed by atoms with E-state index in [1.165, 1.54) is 0 Å². The number of aliphatic imine (C=N–C) groups is 1. The first kappa shape index (κ1) is 18.2. The molecule has 0 spiro atoms. The molecule has 0 aliphatic carbocycles. The molecular weight excluding hydrogens is 382 g/mol. The van der Waals surface area contributed by atoms with Crippen molar-refractivity contribution in [1.82, 2.24) is 5.01 Å². The number of aliphatic hydroxyl groups excluding tert-OH is 1. The molecule has 2 aromatic carbocycles. The van der Waals surface area contributed by atoms with Gasteiger partial charge in [0.1, 0.15) is 5.84 Å². The molecule has 0 saturated carbocycles. The summed E-state index contributed by atoms with van der Waals surface area (Å²) in [4.78, 5) is 16.2. The maximum Gasteiger partial charge on any atom is 0.307 e. The van der Waals surface area contributed by atoms with E-state index < -0.39 is 0 Å². The van der Waals surface area contributed by atoms with Crippen LogP contribution in [0.2, 0.25) is 5.02 Å². The number of thioether (sulfide) groups is 1. The lowest BCUT2D eigenvalue weighted by Crippen LogP contribution is -2.33. The van der Waals surface area contributed by atoms with Gasteiger partial charge in [0.05, 0.1) is 17.0 Å². The molecule has 2 aromatic rings. The third-order valence-electron chi connectivity index (χ3n) is 4.64. The maximum atomic E-state index is 11.9. The Labute approximate surface area is 166 Å². The Balaban J connectivity index is 1.73. The fourth-order valence-corrected chi connectivity index (χ4v) is 4.35. The number of amides is 1. The number of carbonyl (C=O) groups is 1. The van der Waals surface area contributed by atoms with Crippen molar-refractivity contribution in [3.05, 3.63) is 70.7 Å². The molecule has 138 valence electrons. The molecule has 27 heavy (non-hydrogen) atoms. The van der Waals surface area contributed by atoms with E-state index in [2.05, 4.69) is 4.99 Å². The van der Waals surface area contributed by atoms with Gasteiger partial charge in [-0.1, -0.05) is 65.8 Å². The Bertz CT molecular complexity index is 899. The molecule has 1 N–H and O–H groups in total. The number of hydrogen-bond donors (Lipinski definition) is 1. The molecule has 2 heterocycles. The van der Waals surface area contributed by atoms with Crippen LogP contribution >= 0.6 is 23.4 Å². The Hall–Kier alpha value is -2.15. The molecule has 2 aliphatic heterocycles. The van der Waals surface area contributed by atoms with Gasteiger partial charge in [0, 0.05) is 18.1 Å². The molecule has 2 aliphatic rings. The van der Waals surface area contributed by atoms with E-state index in [-0.39, 0.29) is 23.1 Å². The second-order valence-electron chi connectivity index (χ2n) is 6.38. The van der Waals surface area contributed by atoms with Gasteiger partial charge in [-0.2, -0.15) is 10.1 Å². The first-order valence-corrected chi connectivity index (χ1v) is 9.99. The monoisotopic (exact) mass is 399 g/mol. The Kier molecular flexibility index (Phi) is 5.29. The molecule has 0 unspecified atom stereocenters. The molecule has 2 atom stereocenters. The third kappa shape index (κ3) is 3.78. The van der Waals surface area contributed by atoms with Crippen LogP contribution < -0.4 is 0 Å². The van der Waals surface area contributed by atoms with Gasteiger partial charge in [-0.25, -0.2) is 5.01 Å². The smallest absolute Gasteiger partial charge is 0.307 e. The number of hydrogen-bond acceptors (Lipinski definition) is 5. The van der Waals surface area contributed by atoms with Crippen LogP contribution in [0, 0.1) is 0 Å². The summed E-state index contributed by atoms with van der Waals surface area (Å²) in [6.45, 7) is -0.00131. The largest absolute Gasteiger partial charge is 0.396 e. The first-order chi connectivity index (χ1) is 13.2. The van der Waals surface area contributed by atoms with Gasteiger partial charge in [0.2, 0.25) is 0 Å². The third-order valence-corrected chi connectivity index (χ3v) is 5.91. The highest BCUT2D eigenvalue weighted by Crippen LogP contribution is 2.38. The average molecular weight is 400 g/mol. The summed E-state index contributed by atoms with van der Waals surface area (Å²) >= 11 is 7.20. The molecule has 7 heteroatoms. The lowest BCUT2D eigenvalue weighted by molar-refractivity contribution is 0.267. The van der Waals surface area contributed by atoms with Crippen molar-refractivity contribution in [3.63, 3.8) is 0 Å². The number of rotatable bonds is 4. The normalized spacial score (nSPS) is 22.1. The minimum atomic E-state index is -0.235. The standard InChI is InChI=1S/C20H18ClN3O2S/c21-15-8-6-14(7-9-15)17-12-16(13-4-2-1-3-5-13)23-24(17)19-18(10-11-25)27-20(26)22-19/h1-9,17-18,25H,10-12H2/t17-,18-/m1/s1. The molecule has 0 aromatic heterocycles. The van der Waals surface area contributed by atoms with E-state index in [0.717, 1.165) is 28.6 Å². The zero-order chi connectivity index (χ0) is 18.8. The SMILES string of the molecule is O=C1N=C(N2N=C(c3ccccc3)C[C@@H]2c2ccc(Cl)cc2)[C@@H](CCO)S1. The zero-order valence-electron chi connectivity index (χ0n) is 14.5. The Morgan fingerprint density at radius 3 is 2.59 bits per heavy atom. The van der Waals surface area contributed by atoms with E-state index in [9.17, 15) is 9.90 Å². The van der Waals surface area contributed by atoms with Gasteiger partial charge in [-0.3, -0.25) is 4.79 Å². The van der Waals surface area contributed by atoms with Gasteiger partial charge < -0.3 is 5.11 Å². The lowest BCUT2D eigenvalue weighted by atomic mass is 9.98. The number of halogens is 1. The minimum Gasteiger partial charge on any atom is -0.396 e. The van der Waals surface area contributed by atoms with Crippen LogP contribution in [-0.2, 0) is 0 Å². The van der Waals surface area contributed by atoms with Crippen molar-refractivity contribution >= 4 is 40.1 Å². The van der Waals surface area contributed by atoms with Gasteiger partial charge >= 0.3 is 5.24 Å². The van der Waals surface area contributed by atoms with Gasteiger partial charge in [0.25, 0.3) is 0 Å². The average Bonchev–Trinajstić information content (AvgIpc) is 3.27. The molecule has 0 fully saturated rings. The number of amidine groups is 1. The molecular formula is C20H18ClN3O2S. The van der Waals surface area contributed by atoms with Crippen molar-refractivity contribution in [2.75, 3.05) is 6.61 Å². The summed E-state index contributed by atoms with van der Waals surface area (Å²) in [6, 6.07) is 17.6. The number of carbonyl (C=O) groups excluding carboxylic acids is 1. The number of nitrogens with zero attached hydrogens (tertiary/aromatic N) is 3. The predicted octanol–water partition coefficient (Wildman–Crippen LogP) is 4.51. The Morgan fingerprint density at radius 1 is 1.15 bits per heavy atom. The molecule has 1 amide bonds. The van der Waals surface area contributed by atoms with Crippen LogP contribution in [0.25, 0.3) is 0 Å². The van der Waals surface area contributed by atoms with Gasteiger partial charge in [0.15, 0.2) is 0 Å². The first-order valence-electron chi connectivity index (χ1n) is 8.73. The number of benzene rings is 2. The van der Waals surface area contributed by atoms with Crippen LogP contribution in [0.4, 0.5) is 4.79 Å². The highest BCUT2D eigenvalue weighted by molar-refractivity contribution is 8.15. The van der Waals surface area contributed by atoms with Crippen molar-refractivity contribution in [2.45, 2.75) is 24.1 Å².